The zero-order chi connectivity index (χ0) is 13.8. The lowest BCUT2D eigenvalue weighted by molar-refractivity contribution is 0.0518. The number of anilines is 1. The number of nitrogens with zero attached hydrogens (tertiary/aromatic N) is 4. The van der Waals surface area contributed by atoms with Crippen LogP contribution in [0.3, 0.4) is 0 Å². The highest BCUT2D eigenvalue weighted by atomic mass is 16.5. The van der Waals surface area contributed by atoms with Gasteiger partial charge in [-0.2, -0.15) is 15.0 Å². The highest BCUT2D eigenvalue weighted by molar-refractivity contribution is 5.94. The predicted molar refractivity (Wildman–Crippen MR) is 67.6 cm³/mol. The van der Waals surface area contributed by atoms with Gasteiger partial charge in [-0.25, -0.2) is 4.79 Å². The molecule has 0 saturated carbocycles. The predicted octanol–water partition coefficient (Wildman–Crippen LogP) is -0.289. The molecule has 100 valence electrons. The molecule has 0 amide bonds. The van der Waals surface area contributed by atoms with E-state index < -0.39 is 5.97 Å². The molecule has 0 saturated heterocycles. The van der Waals surface area contributed by atoms with Crippen molar-refractivity contribution >= 4 is 17.7 Å². The van der Waals surface area contributed by atoms with Crippen molar-refractivity contribution in [3.05, 3.63) is 11.3 Å². The van der Waals surface area contributed by atoms with Gasteiger partial charge in [0.15, 0.2) is 5.69 Å². The van der Waals surface area contributed by atoms with E-state index in [4.69, 9.17) is 15.7 Å². The van der Waals surface area contributed by atoms with E-state index in [9.17, 15) is 4.79 Å². The first-order chi connectivity index (χ1) is 9.19. The fourth-order valence-corrected chi connectivity index (χ4v) is 1.71. The summed E-state index contributed by atoms with van der Waals surface area (Å²) in [6, 6.07) is 1.87. The van der Waals surface area contributed by atoms with Gasteiger partial charge in [0.25, 0.3) is 0 Å². The normalized spacial score (nSPS) is 14.2. The molecule has 1 aromatic heterocycles. The molecule has 2 rings (SSSR count). The van der Waals surface area contributed by atoms with Gasteiger partial charge in [-0.15, -0.1) is 0 Å². The first kappa shape index (κ1) is 12.9. The van der Waals surface area contributed by atoms with E-state index in [-0.39, 0.29) is 23.7 Å². The second-order valence-corrected chi connectivity index (χ2v) is 3.84. The highest BCUT2D eigenvalue weighted by Crippen LogP contribution is 2.17. The third-order valence-electron chi connectivity index (χ3n) is 2.58. The number of rotatable bonds is 2. The molecule has 8 nitrogen and oxygen atoms in total. The summed E-state index contributed by atoms with van der Waals surface area (Å²) in [5, 5.41) is 16.1. The Morgan fingerprint density at radius 3 is 3.05 bits per heavy atom. The Bertz CT molecular complexity index is 568. The van der Waals surface area contributed by atoms with Crippen LogP contribution in [0.25, 0.3) is 0 Å². The highest BCUT2D eigenvalue weighted by Gasteiger charge is 2.24. The Hall–Kier alpha value is -2.56. The topological polar surface area (TPSA) is 118 Å². The number of aliphatic imine (C=N–C) groups is 1. The summed E-state index contributed by atoms with van der Waals surface area (Å²) < 4.78 is 6.11. The average molecular weight is 262 g/mol. The lowest BCUT2D eigenvalue weighted by Gasteiger charge is -2.14. The molecule has 2 heterocycles. The van der Waals surface area contributed by atoms with Crippen LogP contribution < -0.4 is 11.1 Å². The first-order valence-electron chi connectivity index (χ1n) is 5.93. The third-order valence-corrected chi connectivity index (χ3v) is 2.58. The maximum absolute atomic E-state index is 11.7. The summed E-state index contributed by atoms with van der Waals surface area (Å²) in [7, 11) is 0. The molecular weight excluding hydrogens is 248 g/mol. The molecule has 0 aliphatic carbocycles. The van der Waals surface area contributed by atoms with Crippen LogP contribution >= 0.6 is 0 Å². The Labute approximate surface area is 109 Å². The summed E-state index contributed by atoms with van der Waals surface area (Å²) in [5.41, 5.74) is 5.75. The number of aromatic nitrogens is 2. The van der Waals surface area contributed by atoms with E-state index in [1.807, 2.05) is 6.07 Å². The maximum atomic E-state index is 11.7. The quantitative estimate of drug-likeness (QED) is 0.707. The van der Waals surface area contributed by atoms with E-state index in [1.165, 1.54) is 4.68 Å². The summed E-state index contributed by atoms with van der Waals surface area (Å²) in [6.07, 6.45) is 0.917. The summed E-state index contributed by atoms with van der Waals surface area (Å²) in [5.74, 6) is -0.143. The molecule has 1 aliphatic heterocycles. The van der Waals surface area contributed by atoms with Crippen molar-refractivity contribution in [2.24, 2.45) is 4.99 Å². The molecule has 0 unspecified atom stereocenters. The van der Waals surface area contributed by atoms with Crippen molar-refractivity contribution in [3.8, 4) is 6.07 Å². The first-order valence-corrected chi connectivity index (χ1v) is 5.93. The number of carbonyl (C=O) groups excluding carboxylic acids is 1. The van der Waals surface area contributed by atoms with Crippen LogP contribution in [0.15, 0.2) is 4.99 Å². The summed E-state index contributed by atoms with van der Waals surface area (Å²) in [4.78, 5) is 15.9. The molecule has 0 spiro atoms. The fourth-order valence-electron chi connectivity index (χ4n) is 1.71. The van der Waals surface area contributed by atoms with E-state index in [0.717, 1.165) is 13.0 Å². The summed E-state index contributed by atoms with van der Waals surface area (Å²) in [6.45, 7) is 3.28. The lowest BCUT2D eigenvalue weighted by atomic mass is 10.2. The van der Waals surface area contributed by atoms with Gasteiger partial charge in [0.05, 0.1) is 6.61 Å². The second kappa shape index (κ2) is 5.39. The molecule has 8 heteroatoms. The van der Waals surface area contributed by atoms with Crippen molar-refractivity contribution in [1.29, 1.82) is 5.26 Å². The zero-order valence-electron chi connectivity index (χ0n) is 10.5. The second-order valence-electron chi connectivity index (χ2n) is 3.84. The number of nitrogens with two attached hydrogens (primary N) is 1. The minimum atomic E-state index is -0.666. The number of nitrogens with one attached hydrogen (secondary N) is 1. The molecule has 1 aromatic rings. The van der Waals surface area contributed by atoms with Crippen LogP contribution in [-0.4, -0.2) is 41.4 Å². The van der Waals surface area contributed by atoms with Gasteiger partial charge in [0.1, 0.15) is 17.5 Å². The van der Waals surface area contributed by atoms with Crippen molar-refractivity contribution in [2.45, 2.75) is 13.3 Å². The largest absolute Gasteiger partial charge is 0.461 e. The van der Waals surface area contributed by atoms with Gasteiger partial charge < -0.3 is 15.8 Å². The Kier molecular flexibility index (Phi) is 3.66. The standard InChI is InChI=1S/C11H14N6O2/c1-2-19-10(18)8-7(6-12)9(13)17(16-8)11-14-4-3-5-15-11/h2-5,13H2,1H3,(H,14,15). The van der Waals surface area contributed by atoms with Gasteiger partial charge >= 0.3 is 5.97 Å². The van der Waals surface area contributed by atoms with Gasteiger partial charge in [-0.3, -0.25) is 4.99 Å². The number of nitriles is 1. The van der Waals surface area contributed by atoms with Crippen molar-refractivity contribution < 1.29 is 9.53 Å². The maximum Gasteiger partial charge on any atom is 0.360 e. The van der Waals surface area contributed by atoms with Crippen LogP contribution in [0.5, 0.6) is 0 Å². The molecule has 3 N–H and O–H groups in total. The van der Waals surface area contributed by atoms with E-state index in [2.05, 4.69) is 15.4 Å². The number of carbonyl (C=O) groups is 1. The lowest BCUT2D eigenvalue weighted by Crippen LogP contribution is -2.36. The Balaban J connectivity index is 2.44. The van der Waals surface area contributed by atoms with Gasteiger partial charge in [0.2, 0.25) is 5.96 Å². The average Bonchev–Trinajstić information content (AvgIpc) is 2.77. The van der Waals surface area contributed by atoms with E-state index >= 15 is 0 Å². The van der Waals surface area contributed by atoms with Crippen molar-refractivity contribution in [1.82, 2.24) is 15.1 Å². The van der Waals surface area contributed by atoms with Crippen LogP contribution in [0.1, 0.15) is 29.4 Å². The van der Waals surface area contributed by atoms with Gasteiger partial charge in [-0.1, -0.05) is 0 Å². The minimum Gasteiger partial charge on any atom is -0.461 e. The number of esters is 1. The molecule has 0 bridgehead atoms. The van der Waals surface area contributed by atoms with Crippen molar-refractivity contribution in [3.63, 3.8) is 0 Å². The van der Waals surface area contributed by atoms with Gasteiger partial charge in [0, 0.05) is 13.1 Å². The molecule has 0 radical (unpaired) electrons. The molecule has 0 fully saturated rings. The fraction of sp³-hybridized carbons (Fsp3) is 0.455. The molecule has 19 heavy (non-hydrogen) atoms. The van der Waals surface area contributed by atoms with E-state index in [1.54, 1.807) is 6.92 Å². The monoisotopic (exact) mass is 262 g/mol. The number of hydrogen-bond donors (Lipinski definition) is 2. The van der Waals surface area contributed by atoms with Crippen LogP contribution in [0.2, 0.25) is 0 Å². The smallest absolute Gasteiger partial charge is 0.360 e. The van der Waals surface area contributed by atoms with Crippen molar-refractivity contribution in [2.75, 3.05) is 25.4 Å². The minimum absolute atomic E-state index is 0.00789. The molecule has 0 aromatic carbocycles. The molecule has 1 aliphatic rings. The number of nitrogen functional groups attached to an aromatic ring is 1. The van der Waals surface area contributed by atoms with Crippen LogP contribution in [0.4, 0.5) is 5.82 Å². The number of hydrogen-bond acceptors (Lipinski definition) is 7. The molecular formula is C11H14N6O2. The van der Waals surface area contributed by atoms with Crippen LogP contribution in [-0.2, 0) is 4.74 Å². The Morgan fingerprint density at radius 2 is 2.47 bits per heavy atom. The molecule has 0 atom stereocenters. The SMILES string of the molecule is CCOC(=O)c1nn(C2=NCCCN2)c(N)c1C#N. The number of ether oxygens (including phenoxy) is 1. The van der Waals surface area contributed by atoms with E-state index in [0.29, 0.717) is 12.5 Å². The third kappa shape index (κ3) is 2.35. The Morgan fingerprint density at radius 1 is 1.68 bits per heavy atom. The van der Waals surface area contributed by atoms with Gasteiger partial charge in [-0.05, 0) is 13.3 Å². The zero-order valence-corrected chi connectivity index (χ0v) is 10.5. The summed E-state index contributed by atoms with van der Waals surface area (Å²) >= 11 is 0. The van der Waals surface area contributed by atoms with Crippen LogP contribution in [0, 0.1) is 11.3 Å².